The number of aryl methyl sites for hydroxylation is 1. The van der Waals surface area contributed by atoms with Crippen LogP contribution in [0, 0.1) is 6.92 Å². The molecule has 0 fully saturated rings. The summed E-state index contributed by atoms with van der Waals surface area (Å²) in [6, 6.07) is 11.4. The van der Waals surface area contributed by atoms with Gasteiger partial charge < -0.3 is 15.2 Å². The van der Waals surface area contributed by atoms with E-state index < -0.39 is 0 Å². The normalized spacial score (nSPS) is 10.1. The summed E-state index contributed by atoms with van der Waals surface area (Å²) in [7, 11) is 0. The first-order valence-electron chi connectivity index (χ1n) is 5.72. The quantitative estimate of drug-likeness (QED) is 0.841. The number of para-hydroxylation sites is 1. The number of anilines is 1. The number of nitrogens with zero attached hydrogens (tertiary/aromatic N) is 1. The molecule has 1 heterocycles. The molecule has 0 atom stereocenters. The number of aromatic nitrogens is 1. The summed E-state index contributed by atoms with van der Waals surface area (Å²) >= 11 is 0. The predicted octanol–water partition coefficient (Wildman–Crippen LogP) is 1.71. The molecule has 0 spiro atoms. The molecule has 18 heavy (non-hydrogen) atoms. The molecule has 5 heteroatoms. The Labute approximate surface area is 105 Å². The topological polar surface area (TPSA) is 67.2 Å². The maximum absolute atomic E-state index is 11.6. The fourth-order valence-corrected chi connectivity index (χ4v) is 1.49. The van der Waals surface area contributed by atoms with E-state index in [0.717, 1.165) is 17.1 Å². The van der Waals surface area contributed by atoms with E-state index in [9.17, 15) is 4.79 Å². The van der Waals surface area contributed by atoms with Gasteiger partial charge in [-0.2, -0.15) is 0 Å². The molecule has 2 rings (SSSR count). The Balaban J connectivity index is 1.73. The van der Waals surface area contributed by atoms with Crippen LogP contribution >= 0.6 is 0 Å². The number of hydrogen-bond acceptors (Lipinski definition) is 4. The molecule has 2 N–H and O–H groups in total. The Bertz CT molecular complexity index is 508. The van der Waals surface area contributed by atoms with Gasteiger partial charge in [0, 0.05) is 11.8 Å². The van der Waals surface area contributed by atoms with E-state index in [4.69, 9.17) is 4.52 Å². The van der Waals surface area contributed by atoms with Gasteiger partial charge in [0.1, 0.15) is 11.5 Å². The summed E-state index contributed by atoms with van der Waals surface area (Å²) in [5.74, 6) is 0.654. The summed E-state index contributed by atoms with van der Waals surface area (Å²) < 4.78 is 4.91. The van der Waals surface area contributed by atoms with Crippen LogP contribution in [0.5, 0.6) is 0 Å². The summed E-state index contributed by atoms with van der Waals surface area (Å²) in [6.45, 7) is 2.43. The highest BCUT2D eigenvalue weighted by molar-refractivity contribution is 5.80. The van der Waals surface area contributed by atoms with Gasteiger partial charge in [0.25, 0.3) is 0 Å². The molecule has 0 saturated heterocycles. The van der Waals surface area contributed by atoms with Crippen LogP contribution in [0.25, 0.3) is 0 Å². The SMILES string of the molecule is Cc1cc(CNC(=O)CNc2ccccc2)no1. The summed E-state index contributed by atoms with van der Waals surface area (Å²) in [4.78, 5) is 11.6. The molecule has 2 aromatic rings. The average Bonchev–Trinajstić information content (AvgIpc) is 2.81. The minimum Gasteiger partial charge on any atom is -0.376 e. The van der Waals surface area contributed by atoms with E-state index in [2.05, 4.69) is 15.8 Å². The van der Waals surface area contributed by atoms with Gasteiger partial charge in [-0.25, -0.2) is 0 Å². The highest BCUT2D eigenvalue weighted by atomic mass is 16.5. The number of amides is 1. The standard InChI is InChI=1S/C13H15N3O2/c1-10-7-12(16-18-10)8-15-13(17)9-14-11-5-3-2-4-6-11/h2-7,14H,8-9H2,1H3,(H,15,17). The lowest BCUT2D eigenvalue weighted by Crippen LogP contribution is -2.29. The van der Waals surface area contributed by atoms with Crippen LogP contribution in [0.1, 0.15) is 11.5 Å². The van der Waals surface area contributed by atoms with Crippen molar-refractivity contribution in [2.45, 2.75) is 13.5 Å². The molecule has 0 bridgehead atoms. The maximum Gasteiger partial charge on any atom is 0.239 e. The zero-order valence-corrected chi connectivity index (χ0v) is 10.1. The van der Waals surface area contributed by atoms with Crippen molar-refractivity contribution in [1.82, 2.24) is 10.5 Å². The monoisotopic (exact) mass is 245 g/mol. The second kappa shape index (κ2) is 5.86. The van der Waals surface area contributed by atoms with Crippen molar-refractivity contribution in [3.05, 3.63) is 47.9 Å². The Kier molecular flexibility index (Phi) is 3.96. The first kappa shape index (κ1) is 12.2. The Morgan fingerprint density at radius 1 is 1.33 bits per heavy atom. The lowest BCUT2D eigenvalue weighted by atomic mass is 10.3. The molecule has 0 aliphatic rings. The molecule has 0 aliphatic heterocycles. The minimum absolute atomic E-state index is 0.0838. The Morgan fingerprint density at radius 3 is 2.78 bits per heavy atom. The molecule has 0 aliphatic carbocycles. The van der Waals surface area contributed by atoms with Crippen molar-refractivity contribution in [2.24, 2.45) is 0 Å². The fourth-order valence-electron chi connectivity index (χ4n) is 1.49. The molecular formula is C13H15N3O2. The Morgan fingerprint density at radius 2 is 2.11 bits per heavy atom. The van der Waals surface area contributed by atoms with E-state index >= 15 is 0 Å². The van der Waals surface area contributed by atoms with Gasteiger partial charge in [-0.1, -0.05) is 23.4 Å². The third-order valence-electron chi connectivity index (χ3n) is 2.37. The van der Waals surface area contributed by atoms with Gasteiger partial charge in [-0.3, -0.25) is 4.79 Å². The molecule has 0 radical (unpaired) electrons. The van der Waals surface area contributed by atoms with Crippen LogP contribution < -0.4 is 10.6 Å². The van der Waals surface area contributed by atoms with Crippen LogP contribution in [0.2, 0.25) is 0 Å². The fraction of sp³-hybridized carbons (Fsp3) is 0.231. The largest absolute Gasteiger partial charge is 0.376 e. The van der Waals surface area contributed by atoms with Crippen molar-refractivity contribution in [3.8, 4) is 0 Å². The summed E-state index contributed by atoms with van der Waals surface area (Å²) in [5, 5.41) is 9.58. The molecule has 1 aromatic carbocycles. The molecule has 5 nitrogen and oxygen atoms in total. The number of nitrogens with one attached hydrogen (secondary N) is 2. The molecular weight excluding hydrogens is 230 g/mol. The van der Waals surface area contributed by atoms with Crippen LogP contribution in [-0.4, -0.2) is 17.6 Å². The van der Waals surface area contributed by atoms with Crippen molar-refractivity contribution in [3.63, 3.8) is 0 Å². The van der Waals surface area contributed by atoms with E-state index in [1.54, 1.807) is 6.07 Å². The van der Waals surface area contributed by atoms with Crippen molar-refractivity contribution in [1.29, 1.82) is 0 Å². The predicted molar refractivity (Wildman–Crippen MR) is 68.0 cm³/mol. The minimum atomic E-state index is -0.0838. The van der Waals surface area contributed by atoms with Crippen LogP contribution in [0.15, 0.2) is 40.9 Å². The van der Waals surface area contributed by atoms with Gasteiger partial charge in [-0.15, -0.1) is 0 Å². The van der Waals surface area contributed by atoms with Gasteiger partial charge >= 0.3 is 0 Å². The number of carbonyl (C=O) groups is 1. The van der Waals surface area contributed by atoms with Gasteiger partial charge in [0.05, 0.1) is 13.1 Å². The third kappa shape index (κ3) is 3.62. The van der Waals surface area contributed by atoms with Gasteiger partial charge in [0.2, 0.25) is 5.91 Å². The number of carbonyl (C=O) groups excluding carboxylic acids is 1. The zero-order valence-electron chi connectivity index (χ0n) is 10.1. The molecule has 94 valence electrons. The molecule has 1 aromatic heterocycles. The average molecular weight is 245 g/mol. The van der Waals surface area contributed by atoms with E-state index in [1.807, 2.05) is 37.3 Å². The lowest BCUT2D eigenvalue weighted by molar-refractivity contribution is -0.119. The second-order valence-corrected chi connectivity index (χ2v) is 3.93. The molecule has 1 amide bonds. The smallest absolute Gasteiger partial charge is 0.239 e. The highest BCUT2D eigenvalue weighted by Gasteiger charge is 2.03. The molecule has 0 unspecified atom stereocenters. The summed E-state index contributed by atoms with van der Waals surface area (Å²) in [5.41, 5.74) is 1.64. The van der Waals surface area contributed by atoms with E-state index in [-0.39, 0.29) is 12.5 Å². The Hall–Kier alpha value is -2.30. The second-order valence-electron chi connectivity index (χ2n) is 3.93. The van der Waals surface area contributed by atoms with Crippen LogP contribution in [-0.2, 0) is 11.3 Å². The third-order valence-corrected chi connectivity index (χ3v) is 2.37. The van der Waals surface area contributed by atoms with Crippen LogP contribution in [0.3, 0.4) is 0 Å². The van der Waals surface area contributed by atoms with Gasteiger partial charge in [0.15, 0.2) is 0 Å². The van der Waals surface area contributed by atoms with Crippen molar-refractivity contribution in [2.75, 3.05) is 11.9 Å². The first-order chi connectivity index (χ1) is 8.74. The van der Waals surface area contributed by atoms with E-state index in [0.29, 0.717) is 6.54 Å². The number of rotatable bonds is 5. The van der Waals surface area contributed by atoms with E-state index in [1.165, 1.54) is 0 Å². The highest BCUT2D eigenvalue weighted by Crippen LogP contribution is 2.04. The lowest BCUT2D eigenvalue weighted by Gasteiger charge is -2.06. The first-order valence-corrected chi connectivity index (χ1v) is 5.72. The number of benzene rings is 1. The number of hydrogen-bond donors (Lipinski definition) is 2. The van der Waals surface area contributed by atoms with Gasteiger partial charge in [-0.05, 0) is 19.1 Å². The van der Waals surface area contributed by atoms with Crippen molar-refractivity contribution < 1.29 is 9.32 Å². The summed E-state index contributed by atoms with van der Waals surface area (Å²) in [6.07, 6.45) is 0. The molecule has 0 saturated carbocycles. The van der Waals surface area contributed by atoms with Crippen LogP contribution in [0.4, 0.5) is 5.69 Å². The van der Waals surface area contributed by atoms with Crippen molar-refractivity contribution >= 4 is 11.6 Å². The maximum atomic E-state index is 11.6. The zero-order chi connectivity index (χ0) is 12.8.